The number of rotatable bonds is 5. The number of hydrogen-bond donors (Lipinski definition) is 3. The summed E-state index contributed by atoms with van der Waals surface area (Å²) >= 11 is 0. The molecule has 0 aliphatic heterocycles. The summed E-state index contributed by atoms with van der Waals surface area (Å²) in [5, 5.41) is 23.4. The number of benzene rings is 1. The van der Waals surface area contributed by atoms with E-state index in [9.17, 15) is 9.59 Å². The van der Waals surface area contributed by atoms with E-state index in [0.717, 1.165) is 5.39 Å². The number of amides is 1. The Balaban J connectivity index is 2.19. The van der Waals surface area contributed by atoms with Crippen molar-refractivity contribution in [1.82, 2.24) is 10.3 Å². The third-order valence-corrected chi connectivity index (χ3v) is 2.76. The lowest BCUT2D eigenvalue weighted by Gasteiger charge is -2.10. The molecule has 2 aromatic rings. The highest BCUT2D eigenvalue weighted by molar-refractivity contribution is 5.95. The van der Waals surface area contributed by atoms with Gasteiger partial charge in [-0.05, 0) is 6.07 Å². The van der Waals surface area contributed by atoms with Gasteiger partial charge in [0.2, 0.25) is 5.91 Å². The van der Waals surface area contributed by atoms with Crippen LogP contribution < -0.4 is 10.6 Å². The zero-order chi connectivity index (χ0) is 15.2. The SMILES string of the molecule is N#Cc1cnc2ccccc2c1NCC(=O)NCC(=O)O. The second-order valence-corrected chi connectivity index (χ2v) is 4.20. The van der Waals surface area contributed by atoms with Gasteiger partial charge < -0.3 is 15.7 Å². The van der Waals surface area contributed by atoms with Crippen LogP contribution in [0.15, 0.2) is 30.5 Å². The molecule has 0 aliphatic rings. The quantitative estimate of drug-likeness (QED) is 0.745. The van der Waals surface area contributed by atoms with Crippen LogP contribution >= 0.6 is 0 Å². The predicted molar refractivity (Wildman–Crippen MR) is 75.6 cm³/mol. The Morgan fingerprint density at radius 1 is 1.29 bits per heavy atom. The molecule has 21 heavy (non-hydrogen) atoms. The average Bonchev–Trinajstić information content (AvgIpc) is 2.50. The summed E-state index contributed by atoms with van der Waals surface area (Å²) < 4.78 is 0. The van der Waals surface area contributed by atoms with Gasteiger partial charge in [-0.2, -0.15) is 5.26 Å². The van der Waals surface area contributed by atoms with E-state index in [1.807, 2.05) is 12.1 Å². The number of nitrogens with zero attached hydrogens (tertiary/aromatic N) is 2. The van der Waals surface area contributed by atoms with Crippen molar-refractivity contribution in [2.45, 2.75) is 0 Å². The maximum atomic E-state index is 11.5. The van der Waals surface area contributed by atoms with Crippen LogP contribution in [0.5, 0.6) is 0 Å². The second-order valence-electron chi connectivity index (χ2n) is 4.20. The molecule has 0 saturated carbocycles. The minimum Gasteiger partial charge on any atom is -0.480 e. The lowest BCUT2D eigenvalue weighted by molar-refractivity contribution is -0.137. The van der Waals surface area contributed by atoms with E-state index in [-0.39, 0.29) is 6.54 Å². The van der Waals surface area contributed by atoms with Crippen molar-refractivity contribution in [3.05, 3.63) is 36.0 Å². The monoisotopic (exact) mass is 284 g/mol. The minimum atomic E-state index is -1.12. The number of pyridine rings is 1. The van der Waals surface area contributed by atoms with Crippen molar-refractivity contribution < 1.29 is 14.7 Å². The molecule has 0 bridgehead atoms. The number of hydrogen-bond acceptors (Lipinski definition) is 5. The normalized spacial score (nSPS) is 9.86. The van der Waals surface area contributed by atoms with Crippen LogP contribution in [0.25, 0.3) is 10.9 Å². The van der Waals surface area contributed by atoms with Crippen molar-refractivity contribution in [2.24, 2.45) is 0 Å². The number of carboxylic acid groups (broad SMARTS) is 1. The average molecular weight is 284 g/mol. The van der Waals surface area contributed by atoms with Crippen LogP contribution in [0.2, 0.25) is 0 Å². The van der Waals surface area contributed by atoms with Gasteiger partial charge in [0.05, 0.1) is 23.3 Å². The van der Waals surface area contributed by atoms with E-state index >= 15 is 0 Å². The lowest BCUT2D eigenvalue weighted by atomic mass is 10.1. The maximum absolute atomic E-state index is 11.5. The van der Waals surface area contributed by atoms with Crippen LogP contribution in [0, 0.1) is 11.3 Å². The minimum absolute atomic E-state index is 0.129. The Hall–Kier alpha value is -3.14. The van der Waals surface area contributed by atoms with E-state index in [0.29, 0.717) is 16.8 Å². The molecule has 3 N–H and O–H groups in total. The fourth-order valence-electron chi connectivity index (χ4n) is 1.82. The molecule has 1 aromatic carbocycles. The van der Waals surface area contributed by atoms with E-state index in [4.69, 9.17) is 10.4 Å². The van der Waals surface area contributed by atoms with Gasteiger partial charge >= 0.3 is 5.97 Å². The summed E-state index contributed by atoms with van der Waals surface area (Å²) in [7, 11) is 0. The highest BCUT2D eigenvalue weighted by atomic mass is 16.4. The first kappa shape index (κ1) is 14.3. The third-order valence-electron chi connectivity index (χ3n) is 2.76. The molecule has 0 atom stereocenters. The molecular weight excluding hydrogens is 272 g/mol. The Morgan fingerprint density at radius 3 is 2.76 bits per heavy atom. The first-order valence-electron chi connectivity index (χ1n) is 6.12. The molecule has 0 aliphatic carbocycles. The molecule has 0 spiro atoms. The molecule has 1 heterocycles. The molecule has 7 heteroatoms. The smallest absolute Gasteiger partial charge is 0.322 e. The van der Waals surface area contributed by atoms with Crippen molar-refractivity contribution in [1.29, 1.82) is 5.26 Å². The molecule has 106 valence electrons. The van der Waals surface area contributed by atoms with Crippen LogP contribution in [0.1, 0.15) is 5.56 Å². The lowest BCUT2D eigenvalue weighted by Crippen LogP contribution is -2.34. The third kappa shape index (κ3) is 3.45. The zero-order valence-corrected chi connectivity index (χ0v) is 11.0. The molecule has 0 unspecified atom stereocenters. The molecule has 7 nitrogen and oxygen atoms in total. The molecule has 2 rings (SSSR count). The van der Waals surface area contributed by atoms with Gasteiger partial charge in [-0.1, -0.05) is 18.2 Å². The van der Waals surface area contributed by atoms with Gasteiger partial charge in [-0.3, -0.25) is 14.6 Å². The van der Waals surface area contributed by atoms with Gasteiger partial charge in [0.1, 0.15) is 12.6 Å². The van der Waals surface area contributed by atoms with Gasteiger partial charge in [0.15, 0.2) is 0 Å². The number of nitriles is 1. The zero-order valence-electron chi connectivity index (χ0n) is 11.0. The number of aromatic nitrogens is 1. The number of anilines is 1. The van der Waals surface area contributed by atoms with Crippen LogP contribution in [0.3, 0.4) is 0 Å². The number of carboxylic acids is 1. The highest BCUT2D eigenvalue weighted by Gasteiger charge is 2.10. The standard InChI is InChI=1S/C14H12N4O3/c15-5-9-6-16-11-4-2-1-3-10(11)14(9)18-7-12(19)17-8-13(20)21/h1-4,6H,7-8H2,(H,16,18)(H,17,19)(H,20,21). The largest absolute Gasteiger partial charge is 0.480 e. The summed E-state index contributed by atoms with van der Waals surface area (Å²) in [5.74, 6) is -1.59. The first-order valence-corrected chi connectivity index (χ1v) is 6.12. The molecule has 0 saturated heterocycles. The molecule has 0 fully saturated rings. The summed E-state index contributed by atoms with van der Waals surface area (Å²) in [6.07, 6.45) is 1.43. The Labute approximate surface area is 120 Å². The van der Waals surface area contributed by atoms with Gasteiger partial charge in [0.25, 0.3) is 0 Å². The Morgan fingerprint density at radius 2 is 2.05 bits per heavy atom. The van der Waals surface area contributed by atoms with Crippen LogP contribution in [-0.4, -0.2) is 35.1 Å². The summed E-state index contributed by atoms with van der Waals surface area (Å²) in [5.41, 5.74) is 1.53. The van der Waals surface area contributed by atoms with Gasteiger partial charge in [0, 0.05) is 11.6 Å². The summed E-state index contributed by atoms with van der Waals surface area (Å²) in [6, 6.07) is 9.23. The maximum Gasteiger partial charge on any atom is 0.322 e. The number of carbonyl (C=O) groups is 2. The number of fused-ring (bicyclic) bond motifs is 1. The predicted octanol–water partition coefficient (Wildman–Crippen LogP) is 0.719. The van der Waals surface area contributed by atoms with E-state index in [2.05, 4.69) is 15.6 Å². The summed E-state index contributed by atoms with van der Waals surface area (Å²) in [4.78, 5) is 26.0. The summed E-state index contributed by atoms with van der Waals surface area (Å²) in [6.45, 7) is -0.571. The number of nitrogens with one attached hydrogen (secondary N) is 2. The Kier molecular flexibility index (Phi) is 4.31. The van der Waals surface area contributed by atoms with Crippen molar-refractivity contribution in [3.63, 3.8) is 0 Å². The second kappa shape index (κ2) is 6.34. The van der Waals surface area contributed by atoms with Crippen LogP contribution in [-0.2, 0) is 9.59 Å². The number of para-hydroxylation sites is 1. The molecule has 0 radical (unpaired) electrons. The molecule has 1 amide bonds. The van der Waals surface area contributed by atoms with Crippen LogP contribution in [0.4, 0.5) is 5.69 Å². The number of aliphatic carboxylic acids is 1. The van der Waals surface area contributed by atoms with E-state index in [1.54, 1.807) is 18.2 Å². The topological polar surface area (TPSA) is 115 Å². The molecule has 1 aromatic heterocycles. The van der Waals surface area contributed by atoms with Gasteiger partial charge in [-0.25, -0.2) is 0 Å². The first-order chi connectivity index (χ1) is 10.1. The van der Waals surface area contributed by atoms with Crippen molar-refractivity contribution >= 4 is 28.5 Å². The van der Waals surface area contributed by atoms with Gasteiger partial charge in [-0.15, -0.1) is 0 Å². The highest BCUT2D eigenvalue weighted by Crippen LogP contribution is 2.24. The van der Waals surface area contributed by atoms with Crippen molar-refractivity contribution in [2.75, 3.05) is 18.4 Å². The van der Waals surface area contributed by atoms with Crippen molar-refractivity contribution in [3.8, 4) is 6.07 Å². The fraction of sp³-hybridized carbons (Fsp3) is 0.143. The fourth-order valence-corrected chi connectivity index (χ4v) is 1.82. The van der Waals surface area contributed by atoms with E-state index < -0.39 is 18.4 Å². The number of carbonyl (C=O) groups excluding carboxylic acids is 1. The Bertz CT molecular complexity index is 737. The van der Waals surface area contributed by atoms with E-state index in [1.165, 1.54) is 6.20 Å². The molecular formula is C14H12N4O3.